The Morgan fingerprint density at radius 1 is 1.42 bits per heavy atom. The molecule has 0 saturated carbocycles. The second-order valence-electron chi connectivity index (χ2n) is 5.23. The van der Waals surface area contributed by atoms with E-state index in [0.29, 0.717) is 6.54 Å². The molecule has 1 aromatic heterocycles. The van der Waals surface area contributed by atoms with E-state index in [4.69, 9.17) is 0 Å². The van der Waals surface area contributed by atoms with Crippen LogP contribution < -0.4 is 5.32 Å². The van der Waals surface area contributed by atoms with Crippen LogP contribution in [0.3, 0.4) is 0 Å². The number of aromatic nitrogens is 1. The Balaban J connectivity index is 2.21. The second kappa shape index (κ2) is 5.38. The first-order valence-corrected chi connectivity index (χ1v) is 6.50. The van der Waals surface area contributed by atoms with E-state index in [1.165, 1.54) is 0 Å². The number of nitrogens with zero attached hydrogens (tertiary/aromatic N) is 2. The van der Waals surface area contributed by atoms with E-state index in [2.05, 4.69) is 10.3 Å². The third-order valence-corrected chi connectivity index (χ3v) is 3.44. The summed E-state index contributed by atoms with van der Waals surface area (Å²) in [5.41, 5.74) is 0.930. The molecule has 0 bridgehead atoms. The third-order valence-electron chi connectivity index (χ3n) is 3.44. The third kappa shape index (κ3) is 2.75. The highest BCUT2D eigenvalue weighted by Crippen LogP contribution is 2.17. The predicted molar refractivity (Wildman–Crippen MR) is 71.0 cm³/mol. The Morgan fingerprint density at radius 3 is 2.74 bits per heavy atom. The molecule has 0 spiro atoms. The SMILES string of the molecule is CC(C)C1NC(=O)C(C)N(Cc2cccnc2)C1=O. The molecule has 5 heteroatoms. The number of carbonyl (C=O) groups excluding carboxylic acids is 2. The average molecular weight is 261 g/mol. The Morgan fingerprint density at radius 2 is 2.16 bits per heavy atom. The molecule has 0 radical (unpaired) electrons. The highest BCUT2D eigenvalue weighted by atomic mass is 16.2. The first-order chi connectivity index (χ1) is 9.00. The number of amides is 2. The minimum atomic E-state index is -0.442. The largest absolute Gasteiger partial charge is 0.342 e. The number of pyridine rings is 1. The summed E-state index contributed by atoms with van der Waals surface area (Å²) < 4.78 is 0. The molecule has 2 heterocycles. The lowest BCUT2D eigenvalue weighted by molar-refractivity contribution is -0.150. The normalized spacial score (nSPS) is 23.7. The van der Waals surface area contributed by atoms with E-state index in [1.807, 2.05) is 26.0 Å². The van der Waals surface area contributed by atoms with Crippen LogP contribution in [0.5, 0.6) is 0 Å². The van der Waals surface area contributed by atoms with Crippen molar-refractivity contribution in [2.24, 2.45) is 5.92 Å². The monoisotopic (exact) mass is 261 g/mol. The summed E-state index contributed by atoms with van der Waals surface area (Å²) >= 11 is 0. The lowest BCUT2D eigenvalue weighted by Gasteiger charge is -2.38. The van der Waals surface area contributed by atoms with Crippen molar-refractivity contribution in [3.8, 4) is 0 Å². The number of hydrogen-bond acceptors (Lipinski definition) is 3. The molecule has 1 aromatic rings. The molecule has 1 N–H and O–H groups in total. The van der Waals surface area contributed by atoms with Gasteiger partial charge in [-0.05, 0) is 24.5 Å². The molecular weight excluding hydrogens is 242 g/mol. The second-order valence-corrected chi connectivity index (χ2v) is 5.23. The first kappa shape index (κ1) is 13.5. The number of carbonyl (C=O) groups is 2. The summed E-state index contributed by atoms with van der Waals surface area (Å²) in [6.07, 6.45) is 3.41. The van der Waals surface area contributed by atoms with Crippen LogP contribution in [0.1, 0.15) is 26.3 Å². The van der Waals surface area contributed by atoms with Gasteiger partial charge >= 0.3 is 0 Å². The number of rotatable bonds is 3. The molecule has 1 aliphatic heterocycles. The van der Waals surface area contributed by atoms with Crippen molar-refractivity contribution in [1.82, 2.24) is 15.2 Å². The highest BCUT2D eigenvalue weighted by Gasteiger charge is 2.39. The van der Waals surface area contributed by atoms with E-state index in [-0.39, 0.29) is 17.7 Å². The van der Waals surface area contributed by atoms with Crippen molar-refractivity contribution >= 4 is 11.8 Å². The number of hydrogen-bond donors (Lipinski definition) is 1. The summed E-state index contributed by atoms with van der Waals surface area (Å²) in [5, 5.41) is 2.79. The zero-order valence-electron chi connectivity index (χ0n) is 11.5. The van der Waals surface area contributed by atoms with Crippen LogP contribution in [0.25, 0.3) is 0 Å². The van der Waals surface area contributed by atoms with Gasteiger partial charge in [0.2, 0.25) is 11.8 Å². The van der Waals surface area contributed by atoms with Crippen LogP contribution >= 0.6 is 0 Å². The Kier molecular flexibility index (Phi) is 3.83. The Bertz CT molecular complexity index is 473. The van der Waals surface area contributed by atoms with Crippen LogP contribution in [-0.2, 0) is 16.1 Å². The molecule has 0 aromatic carbocycles. The predicted octanol–water partition coefficient (Wildman–Crippen LogP) is 0.953. The average Bonchev–Trinajstić information content (AvgIpc) is 2.40. The number of nitrogens with one attached hydrogen (secondary N) is 1. The molecule has 2 amide bonds. The molecule has 1 aliphatic rings. The summed E-state index contributed by atoms with van der Waals surface area (Å²) in [6, 6.07) is 2.86. The van der Waals surface area contributed by atoms with Crippen molar-refractivity contribution in [2.75, 3.05) is 0 Å². The van der Waals surface area contributed by atoms with E-state index in [0.717, 1.165) is 5.56 Å². The summed E-state index contributed by atoms with van der Waals surface area (Å²) in [6.45, 7) is 6.03. The van der Waals surface area contributed by atoms with Crippen molar-refractivity contribution in [2.45, 2.75) is 39.4 Å². The van der Waals surface area contributed by atoms with Gasteiger partial charge in [-0.1, -0.05) is 19.9 Å². The molecule has 2 unspecified atom stereocenters. The van der Waals surface area contributed by atoms with Crippen molar-refractivity contribution < 1.29 is 9.59 Å². The molecule has 5 nitrogen and oxygen atoms in total. The van der Waals surface area contributed by atoms with Gasteiger partial charge in [-0.3, -0.25) is 14.6 Å². The van der Waals surface area contributed by atoms with Gasteiger partial charge in [0.05, 0.1) is 0 Å². The van der Waals surface area contributed by atoms with E-state index < -0.39 is 12.1 Å². The first-order valence-electron chi connectivity index (χ1n) is 6.50. The Labute approximate surface area is 113 Å². The zero-order chi connectivity index (χ0) is 14.0. The smallest absolute Gasteiger partial charge is 0.246 e. The van der Waals surface area contributed by atoms with Crippen molar-refractivity contribution in [3.05, 3.63) is 30.1 Å². The fourth-order valence-electron chi connectivity index (χ4n) is 2.20. The zero-order valence-corrected chi connectivity index (χ0v) is 11.5. The van der Waals surface area contributed by atoms with Gasteiger partial charge in [0.25, 0.3) is 0 Å². The maximum Gasteiger partial charge on any atom is 0.246 e. The maximum absolute atomic E-state index is 12.4. The fourth-order valence-corrected chi connectivity index (χ4v) is 2.20. The lowest BCUT2D eigenvalue weighted by Crippen LogP contribution is -2.63. The molecule has 1 fully saturated rings. The van der Waals surface area contributed by atoms with Crippen LogP contribution in [-0.4, -0.2) is 33.8 Å². The van der Waals surface area contributed by atoms with E-state index in [1.54, 1.807) is 24.2 Å². The topological polar surface area (TPSA) is 62.3 Å². The molecular formula is C14H19N3O2. The summed E-state index contributed by atoms with van der Waals surface area (Å²) in [5.74, 6) is -0.0338. The minimum absolute atomic E-state index is 0.0223. The van der Waals surface area contributed by atoms with Crippen LogP contribution in [0.2, 0.25) is 0 Å². The van der Waals surface area contributed by atoms with Gasteiger partial charge in [-0.2, -0.15) is 0 Å². The fraction of sp³-hybridized carbons (Fsp3) is 0.500. The summed E-state index contributed by atoms with van der Waals surface area (Å²) in [4.78, 5) is 30.0. The van der Waals surface area contributed by atoms with E-state index >= 15 is 0 Å². The number of piperazine rings is 1. The lowest BCUT2D eigenvalue weighted by atomic mass is 9.98. The molecule has 2 rings (SSSR count). The quantitative estimate of drug-likeness (QED) is 0.881. The standard InChI is InChI=1S/C14H19N3O2/c1-9(2)12-14(19)17(10(3)13(18)16-12)8-11-5-4-6-15-7-11/h4-7,9-10,12H,8H2,1-3H3,(H,16,18). The van der Waals surface area contributed by atoms with Crippen molar-refractivity contribution in [1.29, 1.82) is 0 Å². The molecule has 2 atom stereocenters. The molecule has 19 heavy (non-hydrogen) atoms. The maximum atomic E-state index is 12.4. The van der Waals surface area contributed by atoms with Gasteiger partial charge in [0.15, 0.2) is 0 Å². The molecule has 102 valence electrons. The Hall–Kier alpha value is -1.91. The molecule has 1 saturated heterocycles. The molecule has 0 aliphatic carbocycles. The summed E-state index contributed by atoms with van der Waals surface area (Å²) in [7, 11) is 0. The van der Waals surface area contributed by atoms with Gasteiger partial charge < -0.3 is 10.2 Å². The van der Waals surface area contributed by atoms with Crippen LogP contribution in [0, 0.1) is 5.92 Å². The van der Waals surface area contributed by atoms with Crippen molar-refractivity contribution in [3.63, 3.8) is 0 Å². The van der Waals surface area contributed by atoms with Gasteiger partial charge in [0.1, 0.15) is 12.1 Å². The van der Waals surface area contributed by atoms with Gasteiger partial charge in [-0.25, -0.2) is 0 Å². The van der Waals surface area contributed by atoms with Crippen LogP contribution in [0.15, 0.2) is 24.5 Å². The van der Waals surface area contributed by atoms with E-state index in [9.17, 15) is 9.59 Å². The highest BCUT2D eigenvalue weighted by molar-refractivity contribution is 5.96. The minimum Gasteiger partial charge on any atom is -0.342 e. The van der Waals surface area contributed by atoms with Gasteiger partial charge in [-0.15, -0.1) is 0 Å². The van der Waals surface area contributed by atoms with Gasteiger partial charge in [0, 0.05) is 18.9 Å². The van der Waals surface area contributed by atoms with Crippen LogP contribution in [0.4, 0.5) is 0 Å².